The lowest BCUT2D eigenvalue weighted by Gasteiger charge is -2.02. The molecule has 12 heavy (non-hydrogen) atoms. The van der Waals surface area contributed by atoms with Crippen molar-refractivity contribution in [3.8, 4) is 0 Å². The average Bonchev–Trinajstić information content (AvgIpc) is 2.04. The van der Waals surface area contributed by atoms with Crippen LogP contribution in [0.5, 0.6) is 0 Å². The van der Waals surface area contributed by atoms with Crippen LogP contribution in [-0.2, 0) is 0 Å². The summed E-state index contributed by atoms with van der Waals surface area (Å²) in [5, 5.41) is 17.3. The quantitative estimate of drug-likeness (QED) is 0.573. The van der Waals surface area contributed by atoms with Crippen LogP contribution in [0.25, 0.3) is 0 Å². The molecule has 3 nitrogen and oxygen atoms in total. The number of hydrogen-bond donors (Lipinski definition) is 2. The Morgan fingerprint density at radius 2 is 1.83 bits per heavy atom. The third-order valence-corrected chi connectivity index (χ3v) is 1.34. The highest BCUT2D eigenvalue weighted by molar-refractivity contribution is 5.13. The number of aliphatic hydroxyl groups is 2. The fourth-order valence-electron chi connectivity index (χ4n) is 0.631. The van der Waals surface area contributed by atoms with Crippen LogP contribution in [0, 0.1) is 0 Å². The van der Waals surface area contributed by atoms with Crippen LogP contribution in [0.1, 0.15) is 0 Å². The number of nitrogens with zero attached hydrogens (tertiary/aromatic N) is 1. The molecule has 0 saturated heterocycles. The van der Waals surface area contributed by atoms with Crippen molar-refractivity contribution in [1.29, 1.82) is 0 Å². The van der Waals surface area contributed by atoms with Gasteiger partial charge in [-0.1, -0.05) is 18.2 Å². The summed E-state index contributed by atoms with van der Waals surface area (Å²) < 4.78 is 0. The van der Waals surface area contributed by atoms with E-state index in [9.17, 15) is 0 Å². The van der Waals surface area contributed by atoms with Gasteiger partial charge < -0.3 is 15.1 Å². The standard InChI is InChI=1S/C9H17NO2/c1-10(2)6-4-3-5-9(7-11)8-12/h3-5,11-12H,6-8H2,1-2H3. The van der Waals surface area contributed by atoms with Gasteiger partial charge in [0.2, 0.25) is 0 Å². The molecule has 0 spiro atoms. The van der Waals surface area contributed by atoms with Gasteiger partial charge in [-0.3, -0.25) is 0 Å². The summed E-state index contributed by atoms with van der Waals surface area (Å²) in [7, 11) is 3.96. The van der Waals surface area contributed by atoms with Crippen molar-refractivity contribution in [2.45, 2.75) is 0 Å². The van der Waals surface area contributed by atoms with Crippen molar-refractivity contribution >= 4 is 0 Å². The fraction of sp³-hybridized carbons (Fsp3) is 0.556. The van der Waals surface area contributed by atoms with Gasteiger partial charge in [0.05, 0.1) is 13.2 Å². The van der Waals surface area contributed by atoms with Crippen molar-refractivity contribution in [1.82, 2.24) is 4.90 Å². The minimum atomic E-state index is -0.0806. The van der Waals surface area contributed by atoms with Gasteiger partial charge in [0.1, 0.15) is 0 Å². The topological polar surface area (TPSA) is 43.7 Å². The Balaban J connectivity index is 3.76. The number of aliphatic hydroxyl groups excluding tert-OH is 2. The maximum absolute atomic E-state index is 8.66. The smallest absolute Gasteiger partial charge is 0.0666 e. The Bertz CT molecular complexity index is 156. The van der Waals surface area contributed by atoms with Crippen LogP contribution in [0.4, 0.5) is 0 Å². The molecule has 0 unspecified atom stereocenters. The molecule has 0 aliphatic heterocycles. The predicted molar refractivity (Wildman–Crippen MR) is 49.9 cm³/mol. The molecule has 0 bridgehead atoms. The number of allylic oxidation sites excluding steroid dienone is 2. The van der Waals surface area contributed by atoms with E-state index in [4.69, 9.17) is 10.2 Å². The highest BCUT2D eigenvalue weighted by Gasteiger charge is 1.88. The number of likely N-dealkylation sites (N-methyl/N-ethyl adjacent to an activating group) is 1. The summed E-state index contributed by atoms with van der Waals surface area (Å²) in [6.45, 7) is 0.701. The van der Waals surface area contributed by atoms with E-state index in [1.807, 2.05) is 31.1 Å². The molecular weight excluding hydrogens is 154 g/mol. The van der Waals surface area contributed by atoms with Crippen LogP contribution in [0.3, 0.4) is 0 Å². The molecule has 3 heteroatoms. The SMILES string of the molecule is CN(C)CC=CC=C(CO)CO. The van der Waals surface area contributed by atoms with Gasteiger partial charge in [0.25, 0.3) is 0 Å². The van der Waals surface area contributed by atoms with Crippen molar-refractivity contribution in [3.63, 3.8) is 0 Å². The zero-order valence-electron chi connectivity index (χ0n) is 7.70. The molecule has 0 rings (SSSR count). The van der Waals surface area contributed by atoms with Gasteiger partial charge in [-0.25, -0.2) is 0 Å². The number of rotatable bonds is 5. The van der Waals surface area contributed by atoms with Crippen molar-refractivity contribution in [2.24, 2.45) is 0 Å². The van der Waals surface area contributed by atoms with E-state index in [0.717, 1.165) is 6.54 Å². The number of hydrogen-bond acceptors (Lipinski definition) is 3. The molecule has 0 atom stereocenters. The van der Waals surface area contributed by atoms with Crippen LogP contribution in [-0.4, -0.2) is 49.0 Å². The Labute approximate surface area is 73.6 Å². The molecular formula is C9H17NO2. The van der Waals surface area contributed by atoms with E-state index in [0.29, 0.717) is 5.57 Å². The van der Waals surface area contributed by atoms with Gasteiger partial charge in [-0.05, 0) is 19.7 Å². The molecule has 2 N–H and O–H groups in total. The molecule has 0 aliphatic carbocycles. The van der Waals surface area contributed by atoms with Crippen LogP contribution in [0.15, 0.2) is 23.8 Å². The Morgan fingerprint density at radius 3 is 2.25 bits per heavy atom. The molecule has 0 aromatic rings. The van der Waals surface area contributed by atoms with Crippen LogP contribution in [0.2, 0.25) is 0 Å². The minimum absolute atomic E-state index is 0.0806. The first-order chi connectivity index (χ1) is 5.70. The molecule has 70 valence electrons. The first-order valence-electron chi connectivity index (χ1n) is 3.91. The second kappa shape index (κ2) is 7.03. The molecule has 0 aromatic heterocycles. The largest absolute Gasteiger partial charge is 0.392 e. The maximum Gasteiger partial charge on any atom is 0.0666 e. The molecule has 0 amide bonds. The second-order valence-corrected chi connectivity index (χ2v) is 2.83. The van der Waals surface area contributed by atoms with Gasteiger partial charge in [-0.15, -0.1) is 0 Å². The van der Waals surface area contributed by atoms with Crippen LogP contribution < -0.4 is 0 Å². The highest BCUT2D eigenvalue weighted by atomic mass is 16.3. The monoisotopic (exact) mass is 171 g/mol. The summed E-state index contributed by atoms with van der Waals surface area (Å²) in [4.78, 5) is 2.03. The van der Waals surface area contributed by atoms with Crippen molar-refractivity contribution < 1.29 is 10.2 Å². The van der Waals surface area contributed by atoms with E-state index in [1.165, 1.54) is 0 Å². The first kappa shape index (κ1) is 11.4. The molecule has 0 saturated carbocycles. The van der Waals surface area contributed by atoms with E-state index >= 15 is 0 Å². The minimum Gasteiger partial charge on any atom is -0.392 e. The first-order valence-corrected chi connectivity index (χ1v) is 3.91. The van der Waals surface area contributed by atoms with Crippen molar-refractivity contribution in [2.75, 3.05) is 33.9 Å². The average molecular weight is 171 g/mol. The predicted octanol–water partition coefficient (Wildman–Crippen LogP) is 0.0152. The lowest BCUT2D eigenvalue weighted by molar-refractivity contribution is 0.276. The highest BCUT2D eigenvalue weighted by Crippen LogP contribution is 1.91. The van der Waals surface area contributed by atoms with Crippen LogP contribution >= 0.6 is 0 Å². The van der Waals surface area contributed by atoms with Gasteiger partial charge in [-0.2, -0.15) is 0 Å². The maximum atomic E-state index is 8.66. The van der Waals surface area contributed by atoms with E-state index in [1.54, 1.807) is 6.08 Å². The molecule has 0 radical (unpaired) electrons. The normalized spacial score (nSPS) is 11.1. The Morgan fingerprint density at radius 1 is 1.25 bits per heavy atom. The van der Waals surface area contributed by atoms with E-state index in [2.05, 4.69) is 0 Å². The third kappa shape index (κ3) is 6.09. The summed E-state index contributed by atoms with van der Waals surface area (Å²) in [5.74, 6) is 0. The lowest BCUT2D eigenvalue weighted by atomic mass is 10.2. The Kier molecular flexibility index (Phi) is 6.66. The summed E-state index contributed by atoms with van der Waals surface area (Å²) >= 11 is 0. The lowest BCUT2D eigenvalue weighted by Crippen LogP contribution is -2.10. The van der Waals surface area contributed by atoms with E-state index < -0.39 is 0 Å². The molecule has 0 fully saturated rings. The van der Waals surface area contributed by atoms with E-state index in [-0.39, 0.29) is 13.2 Å². The van der Waals surface area contributed by atoms with Gasteiger partial charge in [0.15, 0.2) is 0 Å². The van der Waals surface area contributed by atoms with Gasteiger partial charge in [0, 0.05) is 6.54 Å². The van der Waals surface area contributed by atoms with Gasteiger partial charge >= 0.3 is 0 Å². The fourth-order valence-corrected chi connectivity index (χ4v) is 0.631. The summed E-state index contributed by atoms with van der Waals surface area (Å²) in [5.41, 5.74) is 0.630. The molecule has 0 aromatic carbocycles. The van der Waals surface area contributed by atoms with Crippen molar-refractivity contribution in [3.05, 3.63) is 23.8 Å². The zero-order valence-corrected chi connectivity index (χ0v) is 7.70. The zero-order chi connectivity index (χ0) is 9.40. The second-order valence-electron chi connectivity index (χ2n) is 2.83. The summed E-state index contributed by atoms with van der Waals surface area (Å²) in [6, 6.07) is 0. The molecule has 0 heterocycles. The summed E-state index contributed by atoms with van der Waals surface area (Å²) in [6.07, 6.45) is 5.52. The third-order valence-electron chi connectivity index (χ3n) is 1.34. The molecule has 0 aliphatic rings. The Hall–Kier alpha value is -0.640.